The van der Waals surface area contributed by atoms with Crippen molar-refractivity contribution in [3.05, 3.63) is 54.0 Å². The number of imidazole rings is 1. The molecule has 3 aromatic rings. The van der Waals surface area contributed by atoms with Gasteiger partial charge in [0.2, 0.25) is 5.91 Å². The first-order valence-corrected chi connectivity index (χ1v) is 9.66. The lowest BCUT2D eigenvalue weighted by molar-refractivity contribution is -0.129. The number of hydrogen-bond acceptors (Lipinski definition) is 5. The summed E-state index contributed by atoms with van der Waals surface area (Å²) in [5.41, 5.74) is 3.60. The molecule has 8 heteroatoms. The molecule has 1 atom stereocenters. The lowest BCUT2D eigenvalue weighted by Crippen LogP contribution is -2.38. The lowest BCUT2D eigenvalue weighted by atomic mass is 10.2. The van der Waals surface area contributed by atoms with E-state index in [-0.39, 0.29) is 17.9 Å². The zero-order valence-electron chi connectivity index (χ0n) is 16.6. The molecule has 2 amide bonds. The molecule has 0 aliphatic carbocycles. The van der Waals surface area contributed by atoms with Crippen LogP contribution in [0.15, 0.2) is 42.9 Å². The Hall–Kier alpha value is -3.42. The van der Waals surface area contributed by atoms with Crippen LogP contribution in [0.1, 0.15) is 29.3 Å². The van der Waals surface area contributed by atoms with Gasteiger partial charge in [0.05, 0.1) is 29.0 Å². The van der Waals surface area contributed by atoms with Crippen molar-refractivity contribution < 1.29 is 9.59 Å². The molecule has 1 aliphatic heterocycles. The SMILES string of the molecule is CC(=O)N(C)[C@H]1CCN(C(=O)c2ccc(NCc3ccc4nc[nH]c4c3)nc2)C1. The summed E-state index contributed by atoms with van der Waals surface area (Å²) >= 11 is 0. The third-order valence-corrected chi connectivity index (χ3v) is 5.46. The number of nitrogens with zero attached hydrogens (tertiary/aromatic N) is 4. The maximum atomic E-state index is 12.7. The number of carbonyl (C=O) groups excluding carboxylic acids is 2. The molecular formula is C21H24N6O2. The highest BCUT2D eigenvalue weighted by atomic mass is 16.2. The van der Waals surface area contributed by atoms with Crippen molar-refractivity contribution in [3.63, 3.8) is 0 Å². The Kier molecular flexibility index (Phi) is 5.16. The maximum Gasteiger partial charge on any atom is 0.255 e. The summed E-state index contributed by atoms with van der Waals surface area (Å²) in [6, 6.07) is 9.74. The van der Waals surface area contributed by atoms with Crippen LogP contribution in [-0.2, 0) is 11.3 Å². The minimum absolute atomic E-state index is 0.0214. The van der Waals surface area contributed by atoms with Gasteiger partial charge in [-0.05, 0) is 36.2 Å². The Bertz CT molecular complexity index is 1030. The topological polar surface area (TPSA) is 94.2 Å². The number of fused-ring (bicyclic) bond motifs is 1. The summed E-state index contributed by atoms with van der Waals surface area (Å²) in [5, 5.41) is 3.27. The van der Waals surface area contributed by atoms with Crippen LogP contribution in [0.2, 0.25) is 0 Å². The molecular weight excluding hydrogens is 368 g/mol. The number of pyridine rings is 1. The molecule has 0 spiro atoms. The molecule has 8 nitrogen and oxygen atoms in total. The van der Waals surface area contributed by atoms with Gasteiger partial charge in [0.25, 0.3) is 5.91 Å². The molecule has 1 aliphatic rings. The summed E-state index contributed by atoms with van der Waals surface area (Å²) in [5.74, 6) is 0.683. The summed E-state index contributed by atoms with van der Waals surface area (Å²) in [4.78, 5) is 39.4. The van der Waals surface area contributed by atoms with Gasteiger partial charge in [0.15, 0.2) is 0 Å². The average Bonchev–Trinajstić information content (AvgIpc) is 3.40. The van der Waals surface area contributed by atoms with Gasteiger partial charge in [0, 0.05) is 39.8 Å². The van der Waals surface area contributed by atoms with E-state index in [1.54, 1.807) is 42.4 Å². The zero-order valence-corrected chi connectivity index (χ0v) is 16.6. The fourth-order valence-corrected chi connectivity index (χ4v) is 3.59. The van der Waals surface area contributed by atoms with Gasteiger partial charge in [-0.2, -0.15) is 0 Å². The number of nitrogens with one attached hydrogen (secondary N) is 2. The van der Waals surface area contributed by atoms with Gasteiger partial charge in [-0.25, -0.2) is 9.97 Å². The first-order chi connectivity index (χ1) is 14.0. The van der Waals surface area contributed by atoms with Crippen molar-refractivity contribution in [1.29, 1.82) is 0 Å². The maximum absolute atomic E-state index is 12.7. The monoisotopic (exact) mass is 392 g/mol. The molecule has 150 valence electrons. The second-order valence-electron chi connectivity index (χ2n) is 7.36. The third kappa shape index (κ3) is 4.06. The van der Waals surface area contributed by atoms with Gasteiger partial charge in [0.1, 0.15) is 5.82 Å². The number of benzene rings is 1. The standard InChI is InChI=1S/C21H24N6O2/c1-14(28)26(2)17-7-8-27(12-17)21(29)16-4-6-20(23-11-16)22-10-15-3-5-18-19(9-15)25-13-24-18/h3-6,9,11,13,17H,7-8,10,12H2,1-2H3,(H,22,23)(H,24,25)/t17-/m0/s1. The van der Waals surface area contributed by atoms with Crippen molar-refractivity contribution >= 4 is 28.7 Å². The Morgan fingerprint density at radius 1 is 1.28 bits per heavy atom. The molecule has 2 aromatic heterocycles. The van der Waals surface area contributed by atoms with Crippen LogP contribution in [0.3, 0.4) is 0 Å². The second kappa shape index (κ2) is 7.90. The number of anilines is 1. The van der Waals surface area contributed by atoms with Crippen LogP contribution >= 0.6 is 0 Å². The number of carbonyl (C=O) groups is 2. The zero-order chi connectivity index (χ0) is 20.4. The van der Waals surface area contributed by atoms with E-state index in [4.69, 9.17) is 0 Å². The lowest BCUT2D eigenvalue weighted by Gasteiger charge is -2.23. The van der Waals surface area contributed by atoms with Crippen molar-refractivity contribution in [2.75, 3.05) is 25.5 Å². The Morgan fingerprint density at radius 3 is 2.90 bits per heavy atom. The summed E-state index contributed by atoms with van der Waals surface area (Å²) in [6.07, 6.45) is 4.08. The van der Waals surface area contributed by atoms with E-state index >= 15 is 0 Å². The number of H-pyrrole nitrogens is 1. The second-order valence-corrected chi connectivity index (χ2v) is 7.36. The summed E-state index contributed by atoms with van der Waals surface area (Å²) < 4.78 is 0. The Balaban J connectivity index is 1.35. The van der Waals surface area contributed by atoms with Crippen LogP contribution in [-0.4, -0.2) is 62.7 Å². The number of rotatable bonds is 5. The fraction of sp³-hybridized carbons (Fsp3) is 0.333. The molecule has 0 saturated carbocycles. The van der Waals surface area contributed by atoms with Crippen LogP contribution in [0, 0.1) is 0 Å². The average molecular weight is 392 g/mol. The predicted molar refractivity (Wildman–Crippen MR) is 110 cm³/mol. The fourth-order valence-electron chi connectivity index (χ4n) is 3.59. The highest BCUT2D eigenvalue weighted by molar-refractivity contribution is 5.94. The third-order valence-electron chi connectivity index (χ3n) is 5.46. The predicted octanol–water partition coefficient (Wildman–Crippen LogP) is 2.26. The normalized spacial score (nSPS) is 16.2. The van der Waals surface area contributed by atoms with Crippen LogP contribution in [0.4, 0.5) is 5.82 Å². The van der Waals surface area contributed by atoms with Gasteiger partial charge in [-0.3, -0.25) is 9.59 Å². The molecule has 4 rings (SSSR count). The quantitative estimate of drug-likeness (QED) is 0.695. The van der Waals surface area contributed by atoms with Crippen LogP contribution in [0.5, 0.6) is 0 Å². The van der Waals surface area contributed by atoms with Crippen LogP contribution < -0.4 is 5.32 Å². The van der Waals surface area contributed by atoms with Gasteiger partial charge in [-0.1, -0.05) is 6.07 Å². The van der Waals surface area contributed by atoms with E-state index in [2.05, 4.69) is 26.3 Å². The number of hydrogen-bond donors (Lipinski definition) is 2. The van der Waals surface area contributed by atoms with Crippen molar-refractivity contribution in [2.45, 2.75) is 25.9 Å². The first kappa shape index (κ1) is 18.9. The number of likely N-dealkylation sites (N-methyl/N-ethyl adjacent to an activating group) is 1. The van der Waals surface area contributed by atoms with E-state index in [1.165, 1.54) is 0 Å². The van der Waals surface area contributed by atoms with E-state index in [1.807, 2.05) is 18.2 Å². The van der Waals surface area contributed by atoms with Crippen LogP contribution in [0.25, 0.3) is 11.0 Å². The number of aromatic amines is 1. The van der Waals surface area contributed by atoms with E-state index in [0.29, 0.717) is 31.0 Å². The molecule has 3 heterocycles. The molecule has 29 heavy (non-hydrogen) atoms. The van der Waals surface area contributed by atoms with E-state index < -0.39 is 0 Å². The smallest absolute Gasteiger partial charge is 0.255 e. The number of likely N-dealkylation sites (tertiary alicyclic amines) is 1. The van der Waals surface area contributed by atoms with Gasteiger partial charge < -0.3 is 20.1 Å². The molecule has 0 bridgehead atoms. The van der Waals surface area contributed by atoms with Crippen molar-refractivity contribution in [3.8, 4) is 0 Å². The minimum Gasteiger partial charge on any atom is -0.366 e. The largest absolute Gasteiger partial charge is 0.366 e. The van der Waals surface area contributed by atoms with E-state index in [9.17, 15) is 9.59 Å². The molecule has 0 radical (unpaired) electrons. The van der Waals surface area contributed by atoms with Gasteiger partial charge in [-0.15, -0.1) is 0 Å². The molecule has 1 saturated heterocycles. The molecule has 1 fully saturated rings. The Labute approximate surface area is 168 Å². The Morgan fingerprint density at radius 2 is 2.14 bits per heavy atom. The summed E-state index contributed by atoms with van der Waals surface area (Å²) in [6.45, 7) is 3.38. The van der Waals surface area contributed by atoms with Crippen molar-refractivity contribution in [2.24, 2.45) is 0 Å². The van der Waals surface area contributed by atoms with E-state index in [0.717, 1.165) is 23.0 Å². The first-order valence-electron chi connectivity index (χ1n) is 9.66. The molecule has 1 aromatic carbocycles. The van der Waals surface area contributed by atoms with Crippen molar-refractivity contribution in [1.82, 2.24) is 24.8 Å². The molecule has 2 N–H and O–H groups in total. The minimum atomic E-state index is -0.0480. The van der Waals surface area contributed by atoms with Gasteiger partial charge >= 0.3 is 0 Å². The summed E-state index contributed by atoms with van der Waals surface area (Å²) in [7, 11) is 1.78. The highest BCUT2D eigenvalue weighted by Gasteiger charge is 2.30. The number of aromatic nitrogens is 3. The molecule has 0 unspecified atom stereocenters. The highest BCUT2D eigenvalue weighted by Crippen LogP contribution is 2.18. The number of amides is 2.